The third kappa shape index (κ3) is 9.11. The topological polar surface area (TPSA) is 366 Å². The van der Waals surface area contributed by atoms with Crippen LogP contribution in [0.15, 0.2) is 0 Å². The lowest BCUT2D eigenvalue weighted by atomic mass is 9.94. The zero-order chi connectivity index (χ0) is 37.9. The standard InChI is InChI=1S/C28H48N2O21/c1-7(35)29-13-18(40)22(12(6-34)45-25(13)44)49-28-21(43)24(17(39)11(5-33)48-28)51-26-14(30-8(2)36)23(16(38)10(4-32)46-26)50-27-20(42)19(41)15(37)9(3-31)47-27/h9-28,31-34,37-44H,3-6H2,1-2H3,(H,29,35)(H,30,36)/t9-,10-,11-,12-,13-,14-,15+,16-,17+,18-,19+,20-,21-,22-,23-,24+,25-,26-,27+,28+/m1/s1. The van der Waals surface area contributed by atoms with E-state index < -0.39 is 161 Å². The summed E-state index contributed by atoms with van der Waals surface area (Å²) >= 11 is 0. The predicted molar refractivity (Wildman–Crippen MR) is 157 cm³/mol. The molecule has 0 radical (unpaired) electrons. The largest absolute Gasteiger partial charge is 0.394 e. The summed E-state index contributed by atoms with van der Waals surface area (Å²) in [5, 5.41) is 130. The third-order valence-electron chi connectivity index (χ3n) is 9.01. The summed E-state index contributed by atoms with van der Waals surface area (Å²) < 4.78 is 39.3. The van der Waals surface area contributed by atoms with Crippen LogP contribution < -0.4 is 10.6 Å². The van der Waals surface area contributed by atoms with Gasteiger partial charge in [-0.2, -0.15) is 0 Å². The second-order valence-electron chi connectivity index (χ2n) is 12.6. The van der Waals surface area contributed by atoms with Crippen LogP contribution in [0.25, 0.3) is 0 Å². The van der Waals surface area contributed by atoms with Gasteiger partial charge in [0.15, 0.2) is 25.2 Å². The van der Waals surface area contributed by atoms with Crippen LogP contribution in [0.2, 0.25) is 0 Å². The monoisotopic (exact) mass is 748 g/mol. The Bertz CT molecular complexity index is 1140. The molecule has 20 atom stereocenters. The van der Waals surface area contributed by atoms with Crippen molar-refractivity contribution >= 4 is 11.8 Å². The molecule has 23 nitrogen and oxygen atoms in total. The van der Waals surface area contributed by atoms with Gasteiger partial charge >= 0.3 is 0 Å². The highest BCUT2D eigenvalue weighted by molar-refractivity contribution is 5.73. The Morgan fingerprint density at radius 1 is 0.471 bits per heavy atom. The first-order valence-electron chi connectivity index (χ1n) is 16.1. The van der Waals surface area contributed by atoms with Gasteiger partial charge < -0.3 is 105 Å². The van der Waals surface area contributed by atoms with Crippen molar-refractivity contribution in [3.63, 3.8) is 0 Å². The molecule has 51 heavy (non-hydrogen) atoms. The predicted octanol–water partition coefficient (Wildman–Crippen LogP) is -9.46. The lowest BCUT2D eigenvalue weighted by molar-refractivity contribution is -0.376. The summed E-state index contributed by atoms with van der Waals surface area (Å²) in [4.78, 5) is 24.0. The number of rotatable bonds is 12. The molecule has 0 aromatic rings. The van der Waals surface area contributed by atoms with Gasteiger partial charge in [0.05, 0.1) is 26.4 Å². The van der Waals surface area contributed by atoms with Gasteiger partial charge in [0.1, 0.15) is 97.5 Å². The first-order valence-corrected chi connectivity index (χ1v) is 16.1. The number of ether oxygens (including phenoxy) is 7. The molecular weight excluding hydrogens is 700 g/mol. The van der Waals surface area contributed by atoms with Gasteiger partial charge in [0.2, 0.25) is 11.8 Å². The molecule has 4 fully saturated rings. The Morgan fingerprint density at radius 2 is 0.902 bits per heavy atom. The molecule has 4 aliphatic rings. The fourth-order valence-electron chi connectivity index (χ4n) is 6.35. The average molecular weight is 749 g/mol. The summed E-state index contributed by atoms with van der Waals surface area (Å²) in [5.41, 5.74) is 0. The zero-order valence-corrected chi connectivity index (χ0v) is 27.4. The van der Waals surface area contributed by atoms with Gasteiger partial charge in [-0.05, 0) is 0 Å². The number of aliphatic hydroxyl groups excluding tert-OH is 12. The van der Waals surface area contributed by atoms with Gasteiger partial charge in [-0.1, -0.05) is 0 Å². The Hall–Kier alpha value is -1.82. The normalized spacial score (nSPS) is 47.8. The summed E-state index contributed by atoms with van der Waals surface area (Å²) in [7, 11) is 0. The SMILES string of the molecule is CC(=O)N[C@@H]1[C@@H](O)[C@H](O[C@@H]2O[C@H](CO)[C@H](O)[C@H](O[C@H]3O[C@H](CO)[C@@H](O)[C@H](O[C@@H]4O[C@H](CO)[C@H](O)[C@H](O)[C@H]4O)[C@H]3NC(C)=O)[C@H]2O)[C@@H](CO)O[C@H]1O. The Morgan fingerprint density at radius 3 is 1.43 bits per heavy atom. The van der Waals surface area contributed by atoms with Crippen molar-refractivity contribution < 1.29 is 104 Å². The van der Waals surface area contributed by atoms with E-state index in [-0.39, 0.29) is 0 Å². The molecule has 2 amide bonds. The lowest BCUT2D eigenvalue weighted by Crippen LogP contribution is -2.70. The summed E-state index contributed by atoms with van der Waals surface area (Å²) in [6, 6.07) is -3.09. The lowest BCUT2D eigenvalue weighted by Gasteiger charge is -2.50. The van der Waals surface area contributed by atoms with Crippen LogP contribution in [0.3, 0.4) is 0 Å². The number of nitrogens with one attached hydrogen (secondary N) is 2. The quantitative estimate of drug-likeness (QED) is 0.0881. The number of aliphatic hydroxyl groups is 12. The highest BCUT2D eigenvalue weighted by Crippen LogP contribution is 2.34. The van der Waals surface area contributed by atoms with E-state index >= 15 is 0 Å². The fourth-order valence-corrected chi connectivity index (χ4v) is 6.35. The van der Waals surface area contributed by atoms with E-state index in [2.05, 4.69) is 10.6 Å². The molecule has 4 saturated heterocycles. The molecule has 0 aliphatic carbocycles. The van der Waals surface area contributed by atoms with Crippen LogP contribution in [0.5, 0.6) is 0 Å². The maximum Gasteiger partial charge on any atom is 0.217 e. The van der Waals surface area contributed by atoms with Crippen molar-refractivity contribution in [2.75, 3.05) is 26.4 Å². The molecule has 4 heterocycles. The summed E-state index contributed by atoms with van der Waals surface area (Å²) in [5.74, 6) is -1.44. The first kappa shape index (κ1) is 41.9. The second-order valence-corrected chi connectivity index (χ2v) is 12.6. The van der Waals surface area contributed by atoms with Crippen LogP contribution in [0.1, 0.15) is 13.8 Å². The molecule has 4 rings (SSSR count). The minimum Gasteiger partial charge on any atom is -0.394 e. The third-order valence-corrected chi connectivity index (χ3v) is 9.01. The van der Waals surface area contributed by atoms with Crippen molar-refractivity contribution in [2.24, 2.45) is 0 Å². The van der Waals surface area contributed by atoms with E-state index in [1.165, 1.54) is 0 Å². The maximum absolute atomic E-state index is 12.3. The second kappa shape index (κ2) is 18.0. The van der Waals surface area contributed by atoms with Crippen LogP contribution >= 0.6 is 0 Å². The highest BCUT2D eigenvalue weighted by Gasteiger charge is 2.56. The van der Waals surface area contributed by atoms with E-state index in [1.54, 1.807) is 0 Å². The number of hydrogen-bond donors (Lipinski definition) is 14. The summed E-state index contributed by atoms with van der Waals surface area (Å²) in [6.45, 7) is -1.33. The molecule has 0 spiro atoms. The van der Waals surface area contributed by atoms with E-state index in [1.807, 2.05) is 0 Å². The molecule has 23 heteroatoms. The molecule has 0 aromatic carbocycles. The maximum atomic E-state index is 12.3. The van der Waals surface area contributed by atoms with E-state index in [9.17, 15) is 70.9 Å². The summed E-state index contributed by atoms with van der Waals surface area (Å²) in [6.07, 6.45) is -31.8. The Balaban J connectivity index is 1.62. The van der Waals surface area contributed by atoms with Crippen LogP contribution in [0, 0.1) is 0 Å². The van der Waals surface area contributed by atoms with Gasteiger partial charge in [0.25, 0.3) is 0 Å². The van der Waals surface area contributed by atoms with E-state index in [0.29, 0.717) is 0 Å². The molecule has 0 bridgehead atoms. The van der Waals surface area contributed by atoms with Crippen molar-refractivity contribution in [2.45, 2.75) is 137 Å². The zero-order valence-electron chi connectivity index (χ0n) is 27.4. The average Bonchev–Trinajstić information content (AvgIpc) is 3.08. The number of amides is 2. The number of carbonyl (C=O) groups is 2. The molecule has 0 aromatic heterocycles. The number of hydrogen-bond acceptors (Lipinski definition) is 21. The van der Waals surface area contributed by atoms with Crippen molar-refractivity contribution in [1.29, 1.82) is 0 Å². The van der Waals surface area contributed by atoms with E-state index in [4.69, 9.17) is 33.2 Å². The van der Waals surface area contributed by atoms with Crippen molar-refractivity contribution in [1.82, 2.24) is 10.6 Å². The van der Waals surface area contributed by atoms with Crippen LogP contribution in [-0.4, -0.2) is 222 Å². The fraction of sp³-hybridized carbons (Fsp3) is 0.929. The van der Waals surface area contributed by atoms with Crippen LogP contribution in [-0.2, 0) is 42.7 Å². The minimum absolute atomic E-state index is 0.671. The smallest absolute Gasteiger partial charge is 0.217 e. The highest BCUT2D eigenvalue weighted by atomic mass is 16.8. The van der Waals surface area contributed by atoms with Gasteiger partial charge in [0, 0.05) is 13.8 Å². The first-order chi connectivity index (χ1) is 24.1. The van der Waals surface area contributed by atoms with Gasteiger partial charge in [-0.3, -0.25) is 9.59 Å². The van der Waals surface area contributed by atoms with Gasteiger partial charge in [-0.15, -0.1) is 0 Å². The van der Waals surface area contributed by atoms with Crippen molar-refractivity contribution in [3.05, 3.63) is 0 Å². The van der Waals surface area contributed by atoms with Gasteiger partial charge in [-0.25, -0.2) is 0 Å². The van der Waals surface area contributed by atoms with Crippen molar-refractivity contribution in [3.8, 4) is 0 Å². The van der Waals surface area contributed by atoms with E-state index in [0.717, 1.165) is 13.8 Å². The molecule has 0 unspecified atom stereocenters. The number of carbonyl (C=O) groups excluding carboxylic acids is 2. The minimum atomic E-state index is -2.05. The Labute approximate surface area is 289 Å². The molecule has 4 aliphatic heterocycles. The molecule has 0 saturated carbocycles. The Kier molecular flexibility index (Phi) is 14.8. The molecule has 296 valence electrons. The van der Waals surface area contributed by atoms with Crippen LogP contribution in [0.4, 0.5) is 0 Å². The molecular formula is C28H48N2O21. The molecule has 14 N–H and O–H groups in total.